The lowest BCUT2D eigenvalue weighted by atomic mass is 9.91. The molecule has 2 atom stereocenters. The van der Waals surface area contributed by atoms with Gasteiger partial charge >= 0.3 is 0 Å². The van der Waals surface area contributed by atoms with Gasteiger partial charge in [0.05, 0.1) is 11.3 Å². The van der Waals surface area contributed by atoms with Gasteiger partial charge in [-0.15, -0.1) is 11.3 Å². The second kappa shape index (κ2) is 7.69. The van der Waals surface area contributed by atoms with Crippen molar-refractivity contribution in [2.45, 2.75) is 37.8 Å². The number of halogens is 1. The van der Waals surface area contributed by atoms with Crippen LogP contribution in [0.25, 0.3) is 10.1 Å². The number of fused-ring (bicyclic) bond motifs is 1. The quantitative estimate of drug-likeness (QED) is 0.521. The smallest absolute Gasteiger partial charge is 0.252 e. The zero-order valence-corrected chi connectivity index (χ0v) is 15.9. The number of hydrogen-bond acceptors (Lipinski definition) is 7. The van der Waals surface area contributed by atoms with Crippen molar-refractivity contribution in [1.29, 1.82) is 0 Å². The van der Waals surface area contributed by atoms with Gasteiger partial charge in [0.25, 0.3) is 5.91 Å². The zero-order chi connectivity index (χ0) is 19.7. The summed E-state index contributed by atoms with van der Waals surface area (Å²) >= 11 is 1.53. The number of carbonyl (C=O) groups excluding carboxylic acids is 1. The standard InChI is InChI=1S/C19H21FN6OS/c20-12-7-10(17(22)27)18(25-15-9-28-16-5-6-23-8-11(15)16)26-19(12)24-14-4-2-1-3-13(14)21/h5-9,13-14H,1-4,21H2,(H2,22,27)(H2,24,25,26)/t13-,14+/m0/s1. The van der Waals surface area contributed by atoms with Crippen LogP contribution in [0.1, 0.15) is 36.0 Å². The van der Waals surface area contributed by atoms with E-state index in [1.807, 2.05) is 11.4 Å². The van der Waals surface area contributed by atoms with E-state index in [1.54, 1.807) is 12.4 Å². The van der Waals surface area contributed by atoms with E-state index in [-0.39, 0.29) is 29.3 Å². The molecule has 9 heteroatoms. The third-order valence-corrected chi connectivity index (χ3v) is 5.97. The third kappa shape index (κ3) is 3.63. The molecule has 3 aromatic rings. The van der Waals surface area contributed by atoms with Crippen molar-refractivity contribution in [2.75, 3.05) is 10.6 Å². The molecule has 0 aliphatic heterocycles. The topological polar surface area (TPSA) is 119 Å². The van der Waals surface area contributed by atoms with Crippen molar-refractivity contribution in [3.8, 4) is 0 Å². The van der Waals surface area contributed by atoms with Gasteiger partial charge in [-0.1, -0.05) is 12.8 Å². The molecule has 0 bridgehead atoms. The van der Waals surface area contributed by atoms with Crippen LogP contribution in [0.4, 0.5) is 21.7 Å². The Hall–Kier alpha value is -2.78. The van der Waals surface area contributed by atoms with Crippen LogP contribution in [0.15, 0.2) is 29.9 Å². The molecule has 3 aromatic heterocycles. The van der Waals surface area contributed by atoms with Crippen molar-refractivity contribution in [3.05, 3.63) is 41.3 Å². The number of hydrogen-bond donors (Lipinski definition) is 4. The molecule has 1 aliphatic carbocycles. The summed E-state index contributed by atoms with van der Waals surface area (Å²) in [6, 6.07) is 2.89. The summed E-state index contributed by atoms with van der Waals surface area (Å²) in [6.07, 6.45) is 7.28. The SMILES string of the molecule is NC(=O)c1cc(F)c(N[C@@H]2CCCC[C@@H]2N)nc1Nc1csc2ccncc12. The summed E-state index contributed by atoms with van der Waals surface area (Å²) in [5, 5.41) is 9.00. The number of thiophene rings is 1. The van der Waals surface area contributed by atoms with Crippen LogP contribution < -0.4 is 22.1 Å². The fourth-order valence-corrected chi connectivity index (χ4v) is 4.34. The lowest BCUT2D eigenvalue weighted by molar-refractivity contribution is 0.100. The predicted octanol–water partition coefficient (Wildman–Crippen LogP) is 3.35. The van der Waals surface area contributed by atoms with Crippen LogP contribution in [0.2, 0.25) is 0 Å². The Balaban J connectivity index is 1.69. The van der Waals surface area contributed by atoms with E-state index < -0.39 is 11.7 Å². The number of nitrogens with zero attached hydrogens (tertiary/aromatic N) is 2. The molecular weight excluding hydrogens is 379 g/mol. The van der Waals surface area contributed by atoms with Crippen molar-refractivity contribution >= 4 is 44.7 Å². The number of rotatable bonds is 5. The van der Waals surface area contributed by atoms with Gasteiger partial charge in [-0.05, 0) is 25.0 Å². The number of nitrogens with two attached hydrogens (primary N) is 2. The minimum absolute atomic E-state index is 0.0146. The average Bonchev–Trinajstić information content (AvgIpc) is 3.09. The molecule has 4 rings (SSSR count). The molecule has 6 N–H and O–H groups in total. The van der Waals surface area contributed by atoms with Crippen LogP contribution >= 0.6 is 11.3 Å². The molecule has 1 aliphatic rings. The van der Waals surface area contributed by atoms with Gasteiger partial charge in [-0.25, -0.2) is 9.37 Å². The van der Waals surface area contributed by atoms with E-state index in [9.17, 15) is 9.18 Å². The molecule has 1 saturated carbocycles. The van der Waals surface area contributed by atoms with Gasteiger partial charge in [-0.3, -0.25) is 9.78 Å². The second-order valence-corrected chi connectivity index (χ2v) is 7.84. The summed E-state index contributed by atoms with van der Waals surface area (Å²) < 4.78 is 15.6. The summed E-state index contributed by atoms with van der Waals surface area (Å²) in [4.78, 5) is 20.3. The molecule has 7 nitrogen and oxygen atoms in total. The first-order valence-corrected chi connectivity index (χ1v) is 10.0. The predicted molar refractivity (Wildman–Crippen MR) is 109 cm³/mol. The molecule has 0 saturated heterocycles. The highest BCUT2D eigenvalue weighted by molar-refractivity contribution is 7.17. The monoisotopic (exact) mass is 400 g/mol. The van der Waals surface area contributed by atoms with Gasteiger partial charge in [-0.2, -0.15) is 0 Å². The first-order chi connectivity index (χ1) is 13.5. The maximum atomic E-state index is 14.6. The minimum Gasteiger partial charge on any atom is -0.365 e. The Morgan fingerprint density at radius 3 is 2.89 bits per heavy atom. The van der Waals surface area contributed by atoms with Gasteiger partial charge in [0.1, 0.15) is 5.82 Å². The largest absolute Gasteiger partial charge is 0.365 e. The van der Waals surface area contributed by atoms with Crippen molar-refractivity contribution < 1.29 is 9.18 Å². The molecule has 3 heterocycles. The Labute approximate surface area is 165 Å². The maximum absolute atomic E-state index is 14.6. The normalized spacial score (nSPS) is 19.5. The minimum atomic E-state index is -0.757. The summed E-state index contributed by atoms with van der Waals surface area (Å²) in [7, 11) is 0. The number of amides is 1. The average molecular weight is 400 g/mol. The summed E-state index contributed by atoms with van der Waals surface area (Å²) in [5.74, 6) is -1.13. The van der Waals surface area contributed by atoms with Crippen molar-refractivity contribution in [3.63, 3.8) is 0 Å². The van der Waals surface area contributed by atoms with E-state index >= 15 is 0 Å². The van der Waals surface area contributed by atoms with Gasteiger partial charge in [0, 0.05) is 39.9 Å². The molecule has 28 heavy (non-hydrogen) atoms. The molecule has 146 valence electrons. The first kappa shape index (κ1) is 18.6. The number of nitrogens with one attached hydrogen (secondary N) is 2. The summed E-state index contributed by atoms with van der Waals surface area (Å²) in [5.41, 5.74) is 12.3. The van der Waals surface area contributed by atoms with Crippen molar-refractivity contribution in [1.82, 2.24) is 9.97 Å². The van der Waals surface area contributed by atoms with Crippen molar-refractivity contribution in [2.24, 2.45) is 11.5 Å². The highest BCUT2D eigenvalue weighted by Gasteiger charge is 2.24. The Morgan fingerprint density at radius 1 is 1.29 bits per heavy atom. The number of anilines is 3. The number of pyridine rings is 2. The molecule has 0 aromatic carbocycles. The van der Waals surface area contributed by atoms with Crippen LogP contribution in [0.3, 0.4) is 0 Å². The fourth-order valence-electron chi connectivity index (χ4n) is 3.48. The maximum Gasteiger partial charge on any atom is 0.252 e. The summed E-state index contributed by atoms with van der Waals surface area (Å²) in [6.45, 7) is 0. The van der Waals surface area contributed by atoms with Crippen LogP contribution in [0, 0.1) is 5.82 Å². The number of carbonyl (C=O) groups is 1. The highest BCUT2D eigenvalue weighted by atomic mass is 32.1. The molecule has 0 spiro atoms. The Bertz CT molecular complexity index is 1020. The first-order valence-electron chi connectivity index (χ1n) is 9.13. The van der Waals surface area contributed by atoms with Crippen LogP contribution in [-0.2, 0) is 0 Å². The Kier molecular flexibility index (Phi) is 5.10. The van der Waals surface area contributed by atoms with Crippen LogP contribution in [-0.4, -0.2) is 28.0 Å². The Morgan fingerprint density at radius 2 is 2.11 bits per heavy atom. The molecule has 0 radical (unpaired) electrons. The molecular formula is C19H21FN6OS. The van der Waals surface area contributed by atoms with E-state index in [1.165, 1.54) is 11.3 Å². The fraction of sp³-hybridized carbons (Fsp3) is 0.316. The van der Waals surface area contributed by atoms with Gasteiger partial charge in [0.15, 0.2) is 11.6 Å². The van der Waals surface area contributed by atoms with E-state index in [0.29, 0.717) is 0 Å². The van der Waals surface area contributed by atoms with E-state index in [4.69, 9.17) is 11.5 Å². The zero-order valence-electron chi connectivity index (χ0n) is 15.1. The highest BCUT2D eigenvalue weighted by Crippen LogP contribution is 2.33. The second-order valence-electron chi connectivity index (χ2n) is 6.92. The van der Waals surface area contributed by atoms with Gasteiger partial charge < -0.3 is 22.1 Å². The number of aromatic nitrogens is 2. The van der Waals surface area contributed by atoms with E-state index in [2.05, 4.69) is 20.6 Å². The molecule has 1 amide bonds. The van der Waals surface area contributed by atoms with Gasteiger partial charge in [0.2, 0.25) is 0 Å². The third-order valence-electron chi connectivity index (χ3n) is 5.01. The lowest BCUT2D eigenvalue weighted by Gasteiger charge is -2.30. The lowest BCUT2D eigenvalue weighted by Crippen LogP contribution is -2.43. The number of primary amides is 1. The van der Waals surface area contributed by atoms with Crippen LogP contribution in [0.5, 0.6) is 0 Å². The molecule has 1 fully saturated rings. The molecule has 0 unspecified atom stereocenters. The van der Waals surface area contributed by atoms with E-state index in [0.717, 1.165) is 47.5 Å².